The minimum absolute atomic E-state index is 0.149. The minimum atomic E-state index is -0.537. The highest BCUT2D eigenvalue weighted by molar-refractivity contribution is 5.69. The quantitative estimate of drug-likeness (QED) is 0.647. The number of nitrogens with zero attached hydrogens (tertiary/aromatic N) is 1. The first-order chi connectivity index (χ1) is 9.69. The standard InChI is InChI=1S/C14H12N4O2/c19-11-9-10(17-13(20)18-11)16-12(15-9)14(6-7-14)8-4-2-1-3-5-8/h1-5H,6-7H2,(H3,15,16,17,18,19,20). The van der Waals surface area contributed by atoms with Gasteiger partial charge in [-0.1, -0.05) is 30.3 Å². The number of rotatable bonds is 2. The lowest BCUT2D eigenvalue weighted by molar-refractivity contribution is 0.778. The normalized spacial score (nSPS) is 16.4. The molecule has 3 N–H and O–H groups in total. The van der Waals surface area contributed by atoms with Crippen molar-refractivity contribution < 1.29 is 0 Å². The summed E-state index contributed by atoms with van der Waals surface area (Å²) in [7, 11) is 0. The van der Waals surface area contributed by atoms with Gasteiger partial charge < -0.3 is 4.98 Å². The average molecular weight is 268 g/mol. The molecule has 1 fully saturated rings. The second kappa shape index (κ2) is 3.69. The molecule has 4 rings (SSSR count). The van der Waals surface area contributed by atoms with Crippen LogP contribution in [0.1, 0.15) is 24.2 Å². The smallest absolute Gasteiger partial charge is 0.327 e. The molecule has 0 bridgehead atoms. The van der Waals surface area contributed by atoms with Gasteiger partial charge in [-0.3, -0.25) is 14.8 Å². The Bertz CT molecular complexity index is 900. The maximum absolute atomic E-state index is 11.7. The molecular weight excluding hydrogens is 256 g/mol. The first kappa shape index (κ1) is 11.2. The Kier molecular flexibility index (Phi) is 2.07. The van der Waals surface area contributed by atoms with Crippen LogP contribution in [0.4, 0.5) is 0 Å². The molecule has 0 aliphatic heterocycles. The lowest BCUT2D eigenvalue weighted by Gasteiger charge is -2.12. The van der Waals surface area contributed by atoms with Gasteiger partial charge in [0, 0.05) is 0 Å². The van der Waals surface area contributed by atoms with Crippen LogP contribution in [0.3, 0.4) is 0 Å². The monoisotopic (exact) mass is 268 g/mol. The SMILES string of the molecule is O=c1[nH]c(=O)c2[nH]c(C3(c4ccccc4)CC3)nc2[nH]1. The van der Waals surface area contributed by atoms with Crippen LogP contribution in [0, 0.1) is 0 Å². The summed E-state index contributed by atoms with van der Waals surface area (Å²) in [4.78, 5) is 35.3. The van der Waals surface area contributed by atoms with Crippen LogP contribution in [0.25, 0.3) is 11.2 Å². The van der Waals surface area contributed by atoms with E-state index in [1.165, 1.54) is 5.56 Å². The fourth-order valence-corrected chi connectivity index (χ4v) is 2.70. The van der Waals surface area contributed by atoms with Crippen molar-refractivity contribution in [2.45, 2.75) is 18.3 Å². The topological polar surface area (TPSA) is 94.4 Å². The van der Waals surface area contributed by atoms with Gasteiger partial charge in [0.1, 0.15) is 11.3 Å². The Morgan fingerprint density at radius 3 is 2.45 bits per heavy atom. The Hall–Kier alpha value is -2.63. The summed E-state index contributed by atoms with van der Waals surface area (Å²) in [5.74, 6) is 0.742. The number of H-pyrrole nitrogens is 3. The van der Waals surface area contributed by atoms with Gasteiger partial charge in [0.25, 0.3) is 5.56 Å². The predicted molar refractivity (Wildman–Crippen MR) is 73.8 cm³/mol. The molecule has 3 aromatic rings. The first-order valence-electron chi connectivity index (χ1n) is 6.47. The van der Waals surface area contributed by atoms with Crippen molar-refractivity contribution in [3.8, 4) is 0 Å². The van der Waals surface area contributed by atoms with Crippen molar-refractivity contribution >= 4 is 11.2 Å². The molecule has 2 aromatic heterocycles. The molecule has 0 spiro atoms. The van der Waals surface area contributed by atoms with Gasteiger partial charge in [-0.2, -0.15) is 0 Å². The van der Waals surface area contributed by atoms with E-state index >= 15 is 0 Å². The molecule has 1 saturated carbocycles. The highest BCUT2D eigenvalue weighted by atomic mass is 16.2. The van der Waals surface area contributed by atoms with Crippen LogP contribution in [0.5, 0.6) is 0 Å². The van der Waals surface area contributed by atoms with Gasteiger partial charge in [0.05, 0.1) is 5.41 Å². The van der Waals surface area contributed by atoms with Gasteiger partial charge in [-0.15, -0.1) is 0 Å². The third kappa shape index (κ3) is 1.48. The maximum atomic E-state index is 11.7. The largest absolute Gasteiger partial charge is 0.335 e. The molecular formula is C14H12N4O2. The number of fused-ring (bicyclic) bond motifs is 1. The Labute approximate surface area is 112 Å². The van der Waals surface area contributed by atoms with Crippen LogP contribution < -0.4 is 11.2 Å². The maximum Gasteiger partial charge on any atom is 0.327 e. The van der Waals surface area contributed by atoms with Crippen molar-refractivity contribution in [2.24, 2.45) is 0 Å². The lowest BCUT2D eigenvalue weighted by atomic mass is 9.95. The zero-order chi connectivity index (χ0) is 13.7. The summed E-state index contributed by atoms with van der Waals surface area (Å²) in [5.41, 5.74) is 0.691. The molecule has 0 unspecified atom stereocenters. The lowest BCUT2D eigenvalue weighted by Crippen LogP contribution is -2.21. The Morgan fingerprint density at radius 2 is 1.75 bits per heavy atom. The molecule has 6 nitrogen and oxygen atoms in total. The molecule has 1 aromatic carbocycles. The van der Waals surface area contributed by atoms with E-state index in [0.29, 0.717) is 11.2 Å². The molecule has 100 valence electrons. The minimum Gasteiger partial charge on any atom is -0.335 e. The van der Waals surface area contributed by atoms with E-state index in [-0.39, 0.29) is 5.41 Å². The van der Waals surface area contributed by atoms with E-state index in [1.54, 1.807) is 0 Å². The van der Waals surface area contributed by atoms with E-state index in [2.05, 4.69) is 32.1 Å². The summed E-state index contributed by atoms with van der Waals surface area (Å²) in [6.45, 7) is 0. The van der Waals surface area contributed by atoms with Crippen LogP contribution in [-0.2, 0) is 5.41 Å². The molecule has 0 radical (unpaired) electrons. The third-order valence-corrected chi connectivity index (χ3v) is 3.92. The number of hydrogen-bond donors (Lipinski definition) is 3. The van der Waals surface area contributed by atoms with Crippen molar-refractivity contribution in [2.75, 3.05) is 0 Å². The summed E-state index contributed by atoms with van der Waals surface area (Å²) in [5, 5.41) is 0. The second-order valence-electron chi connectivity index (χ2n) is 5.17. The molecule has 1 aliphatic rings. The van der Waals surface area contributed by atoms with Gasteiger partial charge in [0.15, 0.2) is 5.65 Å². The summed E-state index contributed by atoms with van der Waals surface area (Å²) >= 11 is 0. The van der Waals surface area contributed by atoms with E-state index in [4.69, 9.17) is 0 Å². The summed E-state index contributed by atoms with van der Waals surface area (Å²) in [6.07, 6.45) is 1.97. The summed E-state index contributed by atoms with van der Waals surface area (Å²) in [6, 6.07) is 10.1. The molecule has 6 heteroatoms. The van der Waals surface area contributed by atoms with Gasteiger partial charge >= 0.3 is 5.69 Å². The fourth-order valence-electron chi connectivity index (χ4n) is 2.70. The Balaban J connectivity index is 1.94. The van der Waals surface area contributed by atoms with E-state index < -0.39 is 11.2 Å². The zero-order valence-corrected chi connectivity index (χ0v) is 10.6. The first-order valence-corrected chi connectivity index (χ1v) is 6.47. The van der Waals surface area contributed by atoms with Crippen LogP contribution >= 0.6 is 0 Å². The molecule has 20 heavy (non-hydrogen) atoms. The van der Waals surface area contributed by atoms with Crippen LogP contribution in [-0.4, -0.2) is 19.9 Å². The highest BCUT2D eigenvalue weighted by Gasteiger charge is 2.48. The predicted octanol–water partition coefficient (Wildman–Crippen LogP) is 1.02. The average Bonchev–Trinajstić information content (AvgIpc) is 3.14. The van der Waals surface area contributed by atoms with Crippen LogP contribution in [0.15, 0.2) is 39.9 Å². The number of imidazole rings is 1. The summed E-state index contributed by atoms with van der Waals surface area (Å²) < 4.78 is 0. The van der Waals surface area contributed by atoms with E-state index in [1.807, 2.05) is 18.2 Å². The Morgan fingerprint density at radius 1 is 1.00 bits per heavy atom. The number of nitrogens with one attached hydrogen (secondary N) is 3. The zero-order valence-electron chi connectivity index (χ0n) is 10.6. The second-order valence-corrected chi connectivity index (χ2v) is 5.17. The van der Waals surface area contributed by atoms with E-state index in [9.17, 15) is 9.59 Å². The highest BCUT2D eigenvalue weighted by Crippen LogP contribution is 2.52. The van der Waals surface area contributed by atoms with Crippen molar-refractivity contribution in [3.05, 3.63) is 62.6 Å². The van der Waals surface area contributed by atoms with Gasteiger partial charge in [0.2, 0.25) is 0 Å². The third-order valence-electron chi connectivity index (χ3n) is 3.92. The van der Waals surface area contributed by atoms with Gasteiger partial charge in [-0.25, -0.2) is 9.78 Å². The van der Waals surface area contributed by atoms with Crippen molar-refractivity contribution in [1.82, 2.24) is 19.9 Å². The number of benzene rings is 1. The number of aromatic amines is 3. The number of aromatic nitrogens is 4. The molecule has 0 saturated heterocycles. The van der Waals surface area contributed by atoms with E-state index in [0.717, 1.165) is 18.7 Å². The van der Waals surface area contributed by atoms with Crippen molar-refractivity contribution in [3.63, 3.8) is 0 Å². The number of hydrogen-bond acceptors (Lipinski definition) is 3. The van der Waals surface area contributed by atoms with Gasteiger partial charge in [-0.05, 0) is 18.4 Å². The van der Waals surface area contributed by atoms with Crippen LogP contribution in [0.2, 0.25) is 0 Å². The molecule has 0 atom stereocenters. The molecule has 0 amide bonds. The molecule has 2 heterocycles. The fraction of sp³-hybridized carbons (Fsp3) is 0.214. The van der Waals surface area contributed by atoms with Crippen molar-refractivity contribution in [1.29, 1.82) is 0 Å². The molecule has 1 aliphatic carbocycles.